The SMILES string of the molecule is c1ncn(CCOC2CNC2)n1. The first-order chi connectivity index (χ1) is 5.95. The van der Waals surface area contributed by atoms with Crippen LogP contribution in [0.2, 0.25) is 0 Å². The standard InChI is InChI=1S/C7H12N4O/c1(11-6-9-5-10-11)2-12-7-3-8-4-7/h5-8H,1-4H2. The summed E-state index contributed by atoms with van der Waals surface area (Å²) in [5, 5.41) is 7.11. The number of rotatable bonds is 4. The molecule has 1 N–H and O–H groups in total. The van der Waals surface area contributed by atoms with Gasteiger partial charge in [-0.25, -0.2) is 4.98 Å². The van der Waals surface area contributed by atoms with Gasteiger partial charge in [-0.15, -0.1) is 0 Å². The zero-order chi connectivity index (χ0) is 8.23. The van der Waals surface area contributed by atoms with Crippen molar-refractivity contribution in [3.05, 3.63) is 12.7 Å². The number of hydrogen-bond acceptors (Lipinski definition) is 4. The predicted molar refractivity (Wildman–Crippen MR) is 42.6 cm³/mol. The van der Waals surface area contributed by atoms with Crippen LogP contribution in [0.4, 0.5) is 0 Å². The smallest absolute Gasteiger partial charge is 0.137 e. The van der Waals surface area contributed by atoms with Gasteiger partial charge in [-0.05, 0) is 0 Å². The molecule has 0 unspecified atom stereocenters. The summed E-state index contributed by atoms with van der Waals surface area (Å²) < 4.78 is 7.27. The second-order valence-corrected chi connectivity index (χ2v) is 2.81. The Morgan fingerprint density at radius 1 is 1.58 bits per heavy atom. The van der Waals surface area contributed by atoms with Gasteiger partial charge in [0.15, 0.2) is 0 Å². The molecule has 1 aromatic heterocycles. The lowest BCUT2D eigenvalue weighted by atomic mass is 10.2. The van der Waals surface area contributed by atoms with Crippen LogP contribution in [-0.4, -0.2) is 40.6 Å². The molecule has 0 amide bonds. The molecule has 1 aliphatic heterocycles. The molecule has 0 bridgehead atoms. The molecule has 1 fully saturated rings. The summed E-state index contributed by atoms with van der Waals surface area (Å²) in [7, 11) is 0. The van der Waals surface area contributed by atoms with Crippen LogP contribution in [-0.2, 0) is 11.3 Å². The van der Waals surface area contributed by atoms with Crippen LogP contribution in [0.15, 0.2) is 12.7 Å². The number of hydrogen-bond donors (Lipinski definition) is 1. The first-order valence-corrected chi connectivity index (χ1v) is 4.10. The van der Waals surface area contributed by atoms with Gasteiger partial charge < -0.3 is 10.1 Å². The summed E-state index contributed by atoms with van der Waals surface area (Å²) in [6.45, 7) is 3.47. The lowest BCUT2D eigenvalue weighted by Gasteiger charge is -2.26. The van der Waals surface area contributed by atoms with Crippen molar-refractivity contribution in [1.29, 1.82) is 0 Å². The maximum absolute atomic E-state index is 5.50. The van der Waals surface area contributed by atoms with Crippen molar-refractivity contribution in [2.24, 2.45) is 0 Å². The van der Waals surface area contributed by atoms with Gasteiger partial charge >= 0.3 is 0 Å². The average Bonchev–Trinajstić information content (AvgIpc) is 2.46. The minimum Gasteiger partial charge on any atom is -0.374 e. The fourth-order valence-corrected chi connectivity index (χ4v) is 1.04. The van der Waals surface area contributed by atoms with Crippen molar-refractivity contribution in [2.75, 3.05) is 19.7 Å². The number of nitrogens with one attached hydrogen (secondary N) is 1. The summed E-state index contributed by atoms with van der Waals surface area (Å²) in [6, 6.07) is 0. The molecule has 0 radical (unpaired) electrons. The fourth-order valence-electron chi connectivity index (χ4n) is 1.04. The van der Waals surface area contributed by atoms with Crippen LogP contribution >= 0.6 is 0 Å². The summed E-state index contributed by atoms with van der Waals surface area (Å²) in [5.41, 5.74) is 0. The third-order valence-corrected chi connectivity index (χ3v) is 1.88. The molecule has 12 heavy (non-hydrogen) atoms. The molecule has 2 rings (SSSR count). The van der Waals surface area contributed by atoms with Crippen molar-refractivity contribution in [3.8, 4) is 0 Å². The summed E-state index contributed by atoms with van der Waals surface area (Å²) in [4.78, 5) is 3.84. The molecule has 0 saturated carbocycles. The Kier molecular flexibility index (Phi) is 2.33. The Morgan fingerprint density at radius 2 is 2.50 bits per heavy atom. The normalized spacial score (nSPS) is 17.7. The van der Waals surface area contributed by atoms with E-state index in [2.05, 4.69) is 15.4 Å². The van der Waals surface area contributed by atoms with Gasteiger partial charge in [0.25, 0.3) is 0 Å². The van der Waals surface area contributed by atoms with Gasteiger partial charge in [0.1, 0.15) is 12.7 Å². The Bertz CT molecular complexity index is 219. The first-order valence-electron chi connectivity index (χ1n) is 4.10. The van der Waals surface area contributed by atoms with Crippen LogP contribution in [0.3, 0.4) is 0 Å². The lowest BCUT2D eigenvalue weighted by molar-refractivity contribution is 0.0137. The van der Waals surface area contributed by atoms with Gasteiger partial charge in [0.05, 0.1) is 19.3 Å². The van der Waals surface area contributed by atoms with Crippen LogP contribution in [0.5, 0.6) is 0 Å². The molecule has 0 aromatic carbocycles. The average molecular weight is 168 g/mol. The minimum absolute atomic E-state index is 0.411. The highest BCUT2D eigenvalue weighted by molar-refractivity contribution is 4.74. The van der Waals surface area contributed by atoms with E-state index >= 15 is 0 Å². The molecule has 66 valence electrons. The molecule has 1 saturated heterocycles. The first kappa shape index (κ1) is 7.70. The Labute approximate surface area is 70.7 Å². The second-order valence-electron chi connectivity index (χ2n) is 2.81. The predicted octanol–water partition coefficient (Wildman–Crippen LogP) is -0.733. The molecule has 5 nitrogen and oxygen atoms in total. The molecule has 1 aliphatic rings. The van der Waals surface area contributed by atoms with E-state index in [9.17, 15) is 0 Å². The van der Waals surface area contributed by atoms with E-state index in [1.807, 2.05) is 0 Å². The third kappa shape index (κ3) is 1.80. The zero-order valence-electron chi connectivity index (χ0n) is 6.81. The fraction of sp³-hybridized carbons (Fsp3) is 0.714. The van der Waals surface area contributed by atoms with Crippen LogP contribution < -0.4 is 5.32 Å². The van der Waals surface area contributed by atoms with Gasteiger partial charge in [-0.1, -0.05) is 0 Å². The number of ether oxygens (including phenoxy) is 1. The van der Waals surface area contributed by atoms with Crippen molar-refractivity contribution in [2.45, 2.75) is 12.6 Å². The summed E-state index contributed by atoms with van der Waals surface area (Å²) in [5.74, 6) is 0. The number of nitrogens with zero attached hydrogens (tertiary/aromatic N) is 3. The number of aromatic nitrogens is 3. The lowest BCUT2D eigenvalue weighted by Crippen LogP contribution is -2.48. The van der Waals surface area contributed by atoms with Crippen molar-refractivity contribution in [3.63, 3.8) is 0 Å². The van der Waals surface area contributed by atoms with Crippen molar-refractivity contribution < 1.29 is 4.74 Å². The zero-order valence-corrected chi connectivity index (χ0v) is 6.81. The Morgan fingerprint density at radius 3 is 3.08 bits per heavy atom. The van der Waals surface area contributed by atoms with Crippen molar-refractivity contribution >= 4 is 0 Å². The van der Waals surface area contributed by atoms with E-state index in [0.717, 1.165) is 26.2 Å². The maximum Gasteiger partial charge on any atom is 0.137 e. The highest BCUT2D eigenvalue weighted by atomic mass is 16.5. The van der Waals surface area contributed by atoms with E-state index in [1.54, 1.807) is 11.0 Å². The second kappa shape index (κ2) is 3.64. The molecular formula is C7H12N4O. The molecule has 0 spiro atoms. The highest BCUT2D eigenvalue weighted by Crippen LogP contribution is 1.97. The van der Waals surface area contributed by atoms with Crippen molar-refractivity contribution in [1.82, 2.24) is 20.1 Å². The van der Waals surface area contributed by atoms with Gasteiger partial charge in [-0.3, -0.25) is 4.68 Å². The highest BCUT2D eigenvalue weighted by Gasteiger charge is 2.16. The van der Waals surface area contributed by atoms with E-state index in [-0.39, 0.29) is 0 Å². The quantitative estimate of drug-likeness (QED) is 0.643. The largest absolute Gasteiger partial charge is 0.374 e. The molecule has 2 heterocycles. The molecule has 0 atom stereocenters. The monoisotopic (exact) mass is 168 g/mol. The van der Waals surface area contributed by atoms with Gasteiger partial charge in [-0.2, -0.15) is 5.10 Å². The summed E-state index contributed by atoms with van der Waals surface area (Å²) >= 11 is 0. The summed E-state index contributed by atoms with van der Waals surface area (Å²) in [6.07, 6.45) is 3.64. The topological polar surface area (TPSA) is 52.0 Å². The maximum atomic E-state index is 5.50. The van der Waals surface area contributed by atoms with E-state index in [4.69, 9.17) is 4.74 Å². The third-order valence-electron chi connectivity index (χ3n) is 1.88. The van der Waals surface area contributed by atoms with Crippen LogP contribution in [0.1, 0.15) is 0 Å². The van der Waals surface area contributed by atoms with Gasteiger partial charge in [0.2, 0.25) is 0 Å². The minimum atomic E-state index is 0.411. The van der Waals surface area contributed by atoms with Crippen LogP contribution in [0.25, 0.3) is 0 Å². The molecule has 5 heteroatoms. The Hall–Kier alpha value is -0.940. The van der Waals surface area contributed by atoms with E-state index < -0.39 is 0 Å². The van der Waals surface area contributed by atoms with E-state index in [1.165, 1.54) is 6.33 Å². The molecule has 1 aromatic rings. The Balaban J connectivity index is 1.62. The molecular weight excluding hydrogens is 156 g/mol. The van der Waals surface area contributed by atoms with Crippen LogP contribution in [0, 0.1) is 0 Å². The molecule has 0 aliphatic carbocycles. The van der Waals surface area contributed by atoms with Gasteiger partial charge in [0, 0.05) is 13.1 Å². The van der Waals surface area contributed by atoms with E-state index in [0.29, 0.717) is 6.10 Å².